The summed E-state index contributed by atoms with van der Waals surface area (Å²) in [6.45, 7) is 4.21. The van der Waals surface area contributed by atoms with Crippen LogP contribution in [0.2, 0.25) is 0 Å². The summed E-state index contributed by atoms with van der Waals surface area (Å²) in [5, 5.41) is 8.67. The minimum Gasteiger partial charge on any atom is -0.493 e. The minimum atomic E-state index is -0.340. The van der Waals surface area contributed by atoms with E-state index in [-0.39, 0.29) is 16.9 Å². The van der Waals surface area contributed by atoms with E-state index in [1.807, 2.05) is 43.3 Å². The highest BCUT2D eigenvalue weighted by molar-refractivity contribution is 7.80. The topological polar surface area (TPSA) is 79.5 Å². The average Bonchev–Trinajstić information content (AvgIpc) is 2.82. The van der Waals surface area contributed by atoms with E-state index >= 15 is 0 Å². The number of benzene rings is 3. The Morgan fingerprint density at radius 1 is 0.939 bits per heavy atom. The molecule has 33 heavy (non-hydrogen) atoms. The molecule has 0 radical (unpaired) electrons. The Hall–Kier alpha value is -3.71. The maximum absolute atomic E-state index is 12.6. The van der Waals surface area contributed by atoms with Gasteiger partial charge in [0.2, 0.25) is 5.91 Å². The molecular weight excluding hydrogens is 434 g/mol. The number of hydrogen-bond donors (Lipinski definition) is 3. The largest absolute Gasteiger partial charge is 0.493 e. The summed E-state index contributed by atoms with van der Waals surface area (Å²) in [5.74, 6) is 0.205. The lowest BCUT2D eigenvalue weighted by Crippen LogP contribution is -2.34. The van der Waals surface area contributed by atoms with Gasteiger partial charge in [-0.25, -0.2) is 0 Å². The second kappa shape index (κ2) is 11.8. The maximum Gasteiger partial charge on any atom is 0.257 e. The first kappa shape index (κ1) is 23.9. The fourth-order valence-electron chi connectivity index (χ4n) is 3.07. The van der Waals surface area contributed by atoms with E-state index in [1.165, 1.54) is 5.56 Å². The molecule has 0 saturated heterocycles. The number of thiocarbonyl (C=S) groups is 1. The molecule has 0 aliphatic rings. The summed E-state index contributed by atoms with van der Waals surface area (Å²) >= 11 is 5.29. The zero-order valence-electron chi connectivity index (χ0n) is 18.7. The molecule has 7 heteroatoms. The quantitative estimate of drug-likeness (QED) is 0.407. The Labute approximate surface area is 199 Å². The molecule has 0 bridgehead atoms. The molecule has 3 rings (SSSR count). The molecule has 0 unspecified atom stereocenters. The molecule has 2 amide bonds. The van der Waals surface area contributed by atoms with E-state index < -0.39 is 0 Å². The molecule has 0 fully saturated rings. The van der Waals surface area contributed by atoms with Gasteiger partial charge in [0.15, 0.2) is 5.11 Å². The summed E-state index contributed by atoms with van der Waals surface area (Å²) in [6, 6.07) is 22.5. The molecule has 0 aliphatic carbocycles. The van der Waals surface area contributed by atoms with Gasteiger partial charge in [-0.2, -0.15) is 0 Å². The van der Waals surface area contributed by atoms with Crippen molar-refractivity contribution in [3.63, 3.8) is 0 Å². The predicted octanol–water partition coefficient (Wildman–Crippen LogP) is 5.09. The molecule has 0 aromatic heterocycles. The van der Waals surface area contributed by atoms with Crippen molar-refractivity contribution in [1.29, 1.82) is 0 Å². The third-order valence-electron chi connectivity index (χ3n) is 4.92. The summed E-state index contributed by atoms with van der Waals surface area (Å²) in [7, 11) is 0. The van der Waals surface area contributed by atoms with Crippen LogP contribution < -0.4 is 20.7 Å². The van der Waals surface area contributed by atoms with Gasteiger partial charge in [0.05, 0.1) is 6.61 Å². The van der Waals surface area contributed by atoms with Crippen molar-refractivity contribution < 1.29 is 14.3 Å². The van der Waals surface area contributed by atoms with E-state index in [0.717, 1.165) is 12.0 Å². The monoisotopic (exact) mass is 461 g/mol. The lowest BCUT2D eigenvalue weighted by atomic mass is 10.1. The van der Waals surface area contributed by atoms with Gasteiger partial charge >= 0.3 is 0 Å². The number of amides is 2. The van der Waals surface area contributed by atoms with E-state index in [1.54, 1.807) is 31.2 Å². The Balaban J connectivity index is 1.55. The molecule has 0 heterocycles. The zero-order chi connectivity index (χ0) is 23.6. The van der Waals surface area contributed by atoms with Crippen molar-refractivity contribution >= 4 is 40.5 Å². The smallest absolute Gasteiger partial charge is 0.257 e. The maximum atomic E-state index is 12.6. The number of anilines is 2. The number of ether oxygens (including phenoxy) is 1. The van der Waals surface area contributed by atoms with E-state index in [9.17, 15) is 9.59 Å². The van der Waals surface area contributed by atoms with Crippen molar-refractivity contribution in [3.8, 4) is 5.75 Å². The van der Waals surface area contributed by atoms with Crippen LogP contribution in [-0.2, 0) is 11.2 Å². The third-order valence-corrected chi connectivity index (χ3v) is 5.12. The fourth-order valence-corrected chi connectivity index (χ4v) is 3.28. The molecule has 3 aromatic carbocycles. The van der Waals surface area contributed by atoms with Crippen LogP contribution in [0.25, 0.3) is 0 Å². The fraction of sp³-hybridized carbons (Fsp3) is 0.192. The summed E-state index contributed by atoms with van der Waals surface area (Å²) in [6.07, 6.45) is 1.17. The van der Waals surface area contributed by atoms with Gasteiger partial charge in [-0.15, -0.1) is 0 Å². The molecule has 0 saturated carbocycles. The molecular formula is C26H27N3O3S. The Morgan fingerprint density at radius 2 is 1.73 bits per heavy atom. The Bertz CT molecular complexity index is 1130. The highest BCUT2D eigenvalue weighted by atomic mass is 32.1. The average molecular weight is 462 g/mol. The third kappa shape index (κ3) is 7.43. The van der Waals surface area contributed by atoms with Crippen LogP contribution in [0.5, 0.6) is 5.75 Å². The SMILES string of the molecule is CCC(=O)Nc1cc(NC(=S)NC(=O)c2cccc(OCCc3ccccc3)c2)ccc1C. The predicted molar refractivity (Wildman–Crippen MR) is 136 cm³/mol. The lowest BCUT2D eigenvalue weighted by Gasteiger charge is -2.13. The molecule has 0 aliphatic heterocycles. The summed E-state index contributed by atoms with van der Waals surface area (Å²) in [5.41, 5.74) is 3.92. The van der Waals surface area contributed by atoms with Gasteiger partial charge in [0.1, 0.15) is 5.75 Å². The first-order chi connectivity index (χ1) is 15.9. The molecule has 0 atom stereocenters. The zero-order valence-corrected chi connectivity index (χ0v) is 19.5. The second-order valence-corrected chi connectivity index (χ2v) is 7.86. The molecule has 3 N–H and O–H groups in total. The molecule has 170 valence electrons. The standard InChI is InChI=1S/C26H27N3O3S/c1-3-24(30)28-23-17-21(13-12-18(23)2)27-26(33)29-25(31)20-10-7-11-22(16-20)32-15-14-19-8-5-4-6-9-19/h4-13,16-17H,3,14-15H2,1-2H3,(H,28,30)(H2,27,29,31,33). The minimum absolute atomic E-state index is 0.0722. The number of rotatable bonds is 8. The first-order valence-electron chi connectivity index (χ1n) is 10.7. The first-order valence-corrected chi connectivity index (χ1v) is 11.1. The lowest BCUT2D eigenvalue weighted by molar-refractivity contribution is -0.115. The highest BCUT2D eigenvalue weighted by Gasteiger charge is 2.10. The number of nitrogens with one attached hydrogen (secondary N) is 3. The van der Waals surface area contributed by atoms with Crippen LogP contribution in [-0.4, -0.2) is 23.5 Å². The van der Waals surface area contributed by atoms with Crippen molar-refractivity contribution in [2.45, 2.75) is 26.7 Å². The van der Waals surface area contributed by atoms with Crippen LogP contribution in [0, 0.1) is 6.92 Å². The van der Waals surface area contributed by atoms with E-state index in [2.05, 4.69) is 28.1 Å². The van der Waals surface area contributed by atoms with Crippen molar-refractivity contribution in [1.82, 2.24) is 5.32 Å². The van der Waals surface area contributed by atoms with Gasteiger partial charge < -0.3 is 15.4 Å². The van der Waals surface area contributed by atoms with Crippen LogP contribution in [0.3, 0.4) is 0 Å². The van der Waals surface area contributed by atoms with Crippen LogP contribution in [0.1, 0.15) is 34.8 Å². The number of carbonyl (C=O) groups is 2. The molecule has 0 spiro atoms. The Kier molecular flexibility index (Phi) is 8.55. The van der Waals surface area contributed by atoms with E-state index in [0.29, 0.717) is 35.7 Å². The van der Waals surface area contributed by atoms with Gasteiger partial charge in [0, 0.05) is 29.8 Å². The van der Waals surface area contributed by atoms with Crippen molar-refractivity contribution in [3.05, 3.63) is 89.5 Å². The summed E-state index contributed by atoms with van der Waals surface area (Å²) in [4.78, 5) is 24.4. The number of hydrogen-bond acceptors (Lipinski definition) is 4. The van der Waals surface area contributed by atoms with Crippen molar-refractivity contribution in [2.75, 3.05) is 17.2 Å². The van der Waals surface area contributed by atoms with Crippen molar-refractivity contribution in [2.24, 2.45) is 0 Å². The number of aryl methyl sites for hydroxylation is 1. The molecule has 6 nitrogen and oxygen atoms in total. The Morgan fingerprint density at radius 3 is 2.48 bits per heavy atom. The van der Waals surface area contributed by atoms with Gasteiger partial charge in [-0.05, 0) is 60.6 Å². The summed E-state index contributed by atoms with van der Waals surface area (Å²) < 4.78 is 5.80. The van der Waals surface area contributed by atoms with Crippen LogP contribution >= 0.6 is 12.2 Å². The normalized spacial score (nSPS) is 10.2. The second-order valence-electron chi connectivity index (χ2n) is 7.45. The highest BCUT2D eigenvalue weighted by Crippen LogP contribution is 2.21. The van der Waals surface area contributed by atoms with Crippen LogP contribution in [0.4, 0.5) is 11.4 Å². The van der Waals surface area contributed by atoms with Gasteiger partial charge in [-0.3, -0.25) is 14.9 Å². The van der Waals surface area contributed by atoms with Gasteiger partial charge in [-0.1, -0.05) is 49.4 Å². The van der Waals surface area contributed by atoms with Crippen LogP contribution in [0.15, 0.2) is 72.8 Å². The number of carbonyl (C=O) groups excluding carboxylic acids is 2. The van der Waals surface area contributed by atoms with Gasteiger partial charge in [0.25, 0.3) is 5.91 Å². The molecule has 3 aromatic rings. The van der Waals surface area contributed by atoms with E-state index in [4.69, 9.17) is 17.0 Å².